The van der Waals surface area contributed by atoms with Crippen LogP contribution in [0.2, 0.25) is 0 Å². The molecule has 0 aliphatic rings. The summed E-state index contributed by atoms with van der Waals surface area (Å²) in [6, 6.07) is 11.7. The molecule has 0 unspecified atom stereocenters. The van der Waals surface area contributed by atoms with Gasteiger partial charge in [-0.1, -0.05) is 18.2 Å². The van der Waals surface area contributed by atoms with E-state index in [4.69, 9.17) is 15.9 Å². The molecule has 0 saturated carbocycles. The summed E-state index contributed by atoms with van der Waals surface area (Å²) in [5.74, 6) is 0.401. The minimum Gasteiger partial charge on any atom is -0.489 e. The van der Waals surface area contributed by atoms with Crippen LogP contribution in [0.5, 0.6) is 5.75 Å². The molecule has 0 bridgehead atoms. The fourth-order valence-corrected chi connectivity index (χ4v) is 1.76. The standard InChI is InChI=1S/C15H15FN2O/c1-10-7-13(16)5-6-14(10)19-9-11-3-2-4-12(8-11)15(17)18/h2-8H,9H2,1H3,(H3,17,18). The third-order valence-corrected chi connectivity index (χ3v) is 2.77. The highest BCUT2D eigenvalue weighted by molar-refractivity contribution is 5.95. The van der Waals surface area contributed by atoms with Crippen molar-refractivity contribution in [3.05, 3.63) is 65.0 Å². The zero-order valence-electron chi connectivity index (χ0n) is 10.6. The summed E-state index contributed by atoms with van der Waals surface area (Å²) in [6.07, 6.45) is 0. The van der Waals surface area contributed by atoms with Crippen molar-refractivity contribution in [3.8, 4) is 5.75 Å². The monoisotopic (exact) mass is 258 g/mol. The number of rotatable bonds is 4. The Labute approximate surface area is 111 Å². The van der Waals surface area contributed by atoms with E-state index < -0.39 is 0 Å². The van der Waals surface area contributed by atoms with Gasteiger partial charge in [-0.2, -0.15) is 0 Å². The van der Waals surface area contributed by atoms with Crippen molar-refractivity contribution < 1.29 is 9.13 Å². The summed E-state index contributed by atoms with van der Waals surface area (Å²) in [7, 11) is 0. The highest BCUT2D eigenvalue weighted by Gasteiger charge is 2.03. The van der Waals surface area contributed by atoms with Crippen molar-refractivity contribution in [3.63, 3.8) is 0 Å². The van der Waals surface area contributed by atoms with E-state index in [2.05, 4.69) is 0 Å². The lowest BCUT2D eigenvalue weighted by atomic mass is 10.1. The Hall–Kier alpha value is -2.36. The van der Waals surface area contributed by atoms with E-state index >= 15 is 0 Å². The largest absolute Gasteiger partial charge is 0.489 e. The number of hydrogen-bond acceptors (Lipinski definition) is 2. The SMILES string of the molecule is Cc1cc(F)ccc1OCc1cccc(C(=N)N)c1. The summed E-state index contributed by atoms with van der Waals surface area (Å²) in [5, 5.41) is 7.38. The van der Waals surface area contributed by atoms with Crippen LogP contribution in [0.1, 0.15) is 16.7 Å². The van der Waals surface area contributed by atoms with Crippen molar-refractivity contribution in [2.45, 2.75) is 13.5 Å². The van der Waals surface area contributed by atoms with Gasteiger partial charge in [-0.05, 0) is 42.3 Å². The molecule has 3 N–H and O–H groups in total. The first-order valence-corrected chi connectivity index (χ1v) is 5.88. The highest BCUT2D eigenvalue weighted by atomic mass is 19.1. The van der Waals surface area contributed by atoms with E-state index in [0.29, 0.717) is 17.9 Å². The summed E-state index contributed by atoms with van der Waals surface area (Å²) < 4.78 is 18.6. The maximum atomic E-state index is 13.0. The van der Waals surface area contributed by atoms with Crippen LogP contribution >= 0.6 is 0 Å². The van der Waals surface area contributed by atoms with Gasteiger partial charge in [0.1, 0.15) is 24.0 Å². The molecule has 0 radical (unpaired) electrons. The van der Waals surface area contributed by atoms with Crippen LogP contribution in [0, 0.1) is 18.2 Å². The second-order valence-corrected chi connectivity index (χ2v) is 4.31. The number of ether oxygens (including phenoxy) is 1. The number of hydrogen-bond donors (Lipinski definition) is 2. The first kappa shape index (κ1) is 13.1. The van der Waals surface area contributed by atoms with E-state index in [1.165, 1.54) is 12.1 Å². The average Bonchev–Trinajstić information content (AvgIpc) is 2.38. The van der Waals surface area contributed by atoms with Crippen LogP contribution in [0.25, 0.3) is 0 Å². The first-order valence-electron chi connectivity index (χ1n) is 5.88. The van der Waals surface area contributed by atoms with Gasteiger partial charge in [0, 0.05) is 5.56 Å². The predicted molar refractivity (Wildman–Crippen MR) is 72.9 cm³/mol. The van der Waals surface area contributed by atoms with Crippen LogP contribution in [0.15, 0.2) is 42.5 Å². The lowest BCUT2D eigenvalue weighted by molar-refractivity contribution is 0.303. The lowest BCUT2D eigenvalue weighted by Gasteiger charge is -2.10. The van der Waals surface area contributed by atoms with Crippen molar-refractivity contribution in [2.24, 2.45) is 5.73 Å². The number of aryl methyl sites for hydroxylation is 1. The summed E-state index contributed by atoms with van der Waals surface area (Å²) in [4.78, 5) is 0. The predicted octanol–water partition coefficient (Wildman–Crippen LogP) is 3.00. The molecule has 2 rings (SSSR count). The summed E-state index contributed by atoms with van der Waals surface area (Å²) in [5.41, 5.74) is 7.76. The number of nitrogens with one attached hydrogen (secondary N) is 1. The molecule has 4 heteroatoms. The second-order valence-electron chi connectivity index (χ2n) is 4.31. The van der Waals surface area contributed by atoms with Gasteiger partial charge in [0.05, 0.1) is 0 Å². The first-order chi connectivity index (χ1) is 9.06. The Kier molecular flexibility index (Phi) is 3.80. The van der Waals surface area contributed by atoms with Crippen LogP contribution in [0.3, 0.4) is 0 Å². The molecule has 0 aliphatic heterocycles. The topological polar surface area (TPSA) is 59.1 Å². The maximum absolute atomic E-state index is 13.0. The van der Waals surface area contributed by atoms with E-state index in [1.54, 1.807) is 25.1 Å². The Morgan fingerprint density at radius 2 is 2.05 bits per heavy atom. The van der Waals surface area contributed by atoms with Crippen molar-refractivity contribution >= 4 is 5.84 Å². The minimum absolute atomic E-state index is 0.0276. The Morgan fingerprint density at radius 1 is 1.26 bits per heavy atom. The lowest BCUT2D eigenvalue weighted by Crippen LogP contribution is -2.11. The van der Waals surface area contributed by atoms with Crippen molar-refractivity contribution in [1.29, 1.82) is 5.41 Å². The van der Waals surface area contributed by atoms with E-state index in [1.807, 2.05) is 12.1 Å². The molecule has 0 aliphatic carbocycles. The molecular weight excluding hydrogens is 243 g/mol. The molecule has 0 spiro atoms. The summed E-state index contributed by atoms with van der Waals surface area (Å²) in [6.45, 7) is 2.15. The van der Waals surface area contributed by atoms with Crippen molar-refractivity contribution in [2.75, 3.05) is 0 Å². The maximum Gasteiger partial charge on any atom is 0.123 e. The third-order valence-electron chi connectivity index (χ3n) is 2.77. The average molecular weight is 258 g/mol. The molecular formula is C15H15FN2O. The molecule has 0 atom stereocenters. The molecule has 0 amide bonds. The molecule has 0 fully saturated rings. The molecule has 2 aromatic carbocycles. The summed E-state index contributed by atoms with van der Waals surface area (Å²) >= 11 is 0. The van der Waals surface area contributed by atoms with Gasteiger partial charge in [-0.25, -0.2) is 4.39 Å². The highest BCUT2D eigenvalue weighted by Crippen LogP contribution is 2.19. The Morgan fingerprint density at radius 3 is 2.74 bits per heavy atom. The van der Waals surface area contributed by atoms with Gasteiger partial charge in [0.25, 0.3) is 0 Å². The van der Waals surface area contributed by atoms with Crippen LogP contribution in [-0.2, 0) is 6.61 Å². The van der Waals surface area contributed by atoms with Gasteiger partial charge in [0.15, 0.2) is 0 Å². The van der Waals surface area contributed by atoms with Crippen LogP contribution in [-0.4, -0.2) is 5.84 Å². The molecule has 0 saturated heterocycles. The van der Waals surface area contributed by atoms with E-state index in [0.717, 1.165) is 11.1 Å². The van der Waals surface area contributed by atoms with E-state index in [-0.39, 0.29) is 11.7 Å². The number of nitrogens with two attached hydrogens (primary N) is 1. The van der Waals surface area contributed by atoms with Gasteiger partial charge >= 0.3 is 0 Å². The van der Waals surface area contributed by atoms with Gasteiger partial charge in [-0.15, -0.1) is 0 Å². The van der Waals surface area contributed by atoms with E-state index in [9.17, 15) is 4.39 Å². The molecule has 0 heterocycles. The molecule has 98 valence electrons. The molecule has 0 aromatic heterocycles. The van der Waals surface area contributed by atoms with Crippen LogP contribution < -0.4 is 10.5 Å². The molecule has 3 nitrogen and oxygen atoms in total. The van der Waals surface area contributed by atoms with Crippen molar-refractivity contribution in [1.82, 2.24) is 0 Å². The fraction of sp³-hybridized carbons (Fsp3) is 0.133. The fourth-order valence-electron chi connectivity index (χ4n) is 1.76. The number of halogens is 1. The molecule has 19 heavy (non-hydrogen) atoms. The van der Waals surface area contributed by atoms with Crippen LogP contribution in [0.4, 0.5) is 4.39 Å². The smallest absolute Gasteiger partial charge is 0.123 e. The van der Waals surface area contributed by atoms with Gasteiger partial charge in [0.2, 0.25) is 0 Å². The Bertz CT molecular complexity index is 611. The quantitative estimate of drug-likeness (QED) is 0.654. The number of benzene rings is 2. The number of amidine groups is 1. The normalized spacial score (nSPS) is 10.2. The zero-order valence-corrected chi connectivity index (χ0v) is 10.6. The number of nitrogen functional groups attached to an aromatic ring is 1. The Balaban J connectivity index is 2.10. The third kappa shape index (κ3) is 3.31. The molecule has 2 aromatic rings. The second kappa shape index (κ2) is 5.52. The van der Waals surface area contributed by atoms with Gasteiger partial charge < -0.3 is 10.5 Å². The zero-order chi connectivity index (χ0) is 13.8. The van der Waals surface area contributed by atoms with Gasteiger partial charge in [-0.3, -0.25) is 5.41 Å². The minimum atomic E-state index is -0.275.